The van der Waals surface area contributed by atoms with E-state index in [-0.39, 0.29) is 23.3 Å². The molecule has 0 aliphatic carbocycles. The summed E-state index contributed by atoms with van der Waals surface area (Å²) in [5.41, 5.74) is -2.22. The molecule has 2 nitrogen and oxygen atoms in total. The maximum Gasteiger partial charge on any atom is 0.432 e. The van der Waals surface area contributed by atoms with Crippen LogP contribution in [-0.4, -0.2) is 6.11 Å². The summed E-state index contributed by atoms with van der Waals surface area (Å²) in [5.74, 6) is -13.3. The van der Waals surface area contributed by atoms with Crippen LogP contribution >= 0.6 is 0 Å². The van der Waals surface area contributed by atoms with Gasteiger partial charge in [0.1, 0.15) is 34.6 Å². The Morgan fingerprint density at radius 2 is 1.18 bits per heavy atom. The molecule has 0 unspecified atom stereocenters. The van der Waals surface area contributed by atoms with Gasteiger partial charge in [-0.3, -0.25) is 0 Å². The highest BCUT2D eigenvalue weighted by Crippen LogP contribution is 2.40. The van der Waals surface area contributed by atoms with Crippen molar-refractivity contribution >= 4 is 0 Å². The van der Waals surface area contributed by atoms with Crippen molar-refractivity contribution in [3.05, 3.63) is 119 Å². The normalized spacial score (nSPS) is 11.8. The first kappa shape index (κ1) is 33.3. The van der Waals surface area contributed by atoms with Crippen LogP contribution in [0.1, 0.15) is 24.5 Å². The van der Waals surface area contributed by atoms with Gasteiger partial charge in [-0.25, -0.2) is 26.3 Å². The minimum atomic E-state index is -4.98. The molecule has 0 saturated heterocycles. The van der Waals surface area contributed by atoms with Crippen LogP contribution < -0.4 is 9.47 Å². The second-order valence-electron chi connectivity index (χ2n) is 9.51. The van der Waals surface area contributed by atoms with Crippen molar-refractivity contribution in [2.45, 2.75) is 32.0 Å². The van der Waals surface area contributed by atoms with Crippen LogP contribution in [0.25, 0.3) is 22.3 Å². The topological polar surface area (TPSA) is 18.5 Å². The molecule has 0 heterocycles. The smallest absolute Gasteiger partial charge is 0.429 e. The molecule has 0 bridgehead atoms. The summed E-state index contributed by atoms with van der Waals surface area (Å²) in [6.07, 6.45) is -12.5. The number of aryl methyl sites for hydroxylation is 1. The number of halogens is 12. The first-order valence-corrected chi connectivity index (χ1v) is 12.8. The van der Waals surface area contributed by atoms with Crippen molar-refractivity contribution in [1.29, 1.82) is 0 Å². The van der Waals surface area contributed by atoms with Gasteiger partial charge in [0.25, 0.3) is 6.08 Å². The van der Waals surface area contributed by atoms with Gasteiger partial charge in [-0.05, 0) is 47.4 Å². The number of alkyl halides is 4. The molecule has 0 N–H and O–H groups in total. The second kappa shape index (κ2) is 12.8. The Balaban J connectivity index is 1.61. The molecule has 0 fully saturated rings. The number of ether oxygens (including phenoxy) is 2. The van der Waals surface area contributed by atoms with Crippen molar-refractivity contribution in [1.82, 2.24) is 0 Å². The SMILES string of the molecule is CCCc1ccc(-c2ccc(-c3cc(F)c(C(F)(F)Oc4cc(F)c(OC(F)(F)C=C(F)F)c(F)c4)c(F)c3)c(F)c2)c(F)c1. The molecule has 0 radical (unpaired) electrons. The molecule has 0 aliphatic heterocycles. The molecule has 4 rings (SSSR count). The summed E-state index contributed by atoms with van der Waals surface area (Å²) in [6, 6.07) is 7.94. The molecular formula is C31H18F12O2. The summed E-state index contributed by atoms with van der Waals surface area (Å²) in [5, 5.41) is 0. The molecule has 14 heteroatoms. The van der Waals surface area contributed by atoms with Gasteiger partial charge in [0.15, 0.2) is 17.4 Å². The van der Waals surface area contributed by atoms with Crippen molar-refractivity contribution in [3.63, 3.8) is 0 Å². The van der Waals surface area contributed by atoms with Gasteiger partial charge in [-0.1, -0.05) is 37.6 Å². The Hall–Kier alpha value is -4.62. The highest BCUT2D eigenvalue weighted by Gasteiger charge is 2.42. The summed E-state index contributed by atoms with van der Waals surface area (Å²) in [4.78, 5) is 0. The zero-order valence-corrected chi connectivity index (χ0v) is 22.6. The fraction of sp³-hybridized carbons (Fsp3) is 0.161. The van der Waals surface area contributed by atoms with Crippen LogP contribution in [-0.2, 0) is 12.5 Å². The molecule has 45 heavy (non-hydrogen) atoms. The molecule has 238 valence electrons. The van der Waals surface area contributed by atoms with Crippen molar-refractivity contribution in [2.75, 3.05) is 0 Å². The molecule has 0 spiro atoms. The number of benzene rings is 4. The predicted octanol–water partition coefficient (Wildman–Crippen LogP) is 10.7. The average molecular weight is 650 g/mol. The predicted molar refractivity (Wildman–Crippen MR) is 138 cm³/mol. The lowest BCUT2D eigenvalue weighted by Crippen LogP contribution is -2.26. The van der Waals surface area contributed by atoms with Gasteiger partial charge in [0.2, 0.25) is 0 Å². The fourth-order valence-corrected chi connectivity index (χ4v) is 4.35. The van der Waals surface area contributed by atoms with E-state index in [9.17, 15) is 48.3 Å². The largest absolute Gasteiger partial charge is 0.432 e. The lowest BCUT2D eigenvalue weighted by atomic mass is 9.97. The number of rotatable bonds is 10. The van der Waals surface area contributed by atoms with Gasteiger partial charge in [-0.15, -0.1) is 0 Å². The lowest BCUT2D eigenvalue weighted by Gasteiger charge is -2.21. The summed E-state index contributed by atoms with van der Waals surface area (Å²) >= 11 is 0. The van der Waals surface area contributed by atoms with E-state index in [1.165, 1.54) is 18.2 Å². The molecule has 0 atom stereocenters. The Labute approximate surface area is 247 Å². The molecule has 4 aromatic rings. The quantitative estimate of drug-likeness (QED) is 0.159. The van der Waals surface area contributed by atoms with E-state index in [1.807, 2.05) is 6.92 Å². The van der Waals surface area contributed by atoms with Crippen molar-refractivity contribution in [2.24, 2.45) is 0 Å². The van der Waals surface area contributed by atoms with Crippen LogP contribution in [0.5, 0.6) is 11.5 Å². The third-order valence-corrected chi connectivity index (χ3v) is 6.23. The van der Waals surface area contributed by atoms with Gasteiger partial charge in [-0.2, -0.15) is 26.3 Å². The van der Waals surface area contributed by atoms with E-state index in [0.717, 1.165) is 18.6 Å². The Morgan fingerprint density at radius 3 is 1.71 bits per heavy atom. The molecular weight excluding hydrogens is 632 g/mol. The van der Waals surface area contributed by atoms with E-state index < -0.39 is 87.5 Å². The summed E-state index contributed by atoms with van der Waals surface area (Å²) in [7, 11) is 0. The minimum Gasteiger partial charge on any atom is -0.429 e. The molecule has 0 aliphatic rings. The Morgan fingerprint density at radius 1 is 0.644 bits per heavy atom. The summed E-state index contributed by atoms with van der Waals surface area (Å²) < 4.78 is 176. The van der Waals surface area contributed by atoms with Crippen LogP contribution in [0.4, 0.5) is 52.7 Å². The zero-order valence-electron chi connectivity index (χ0n) is 22.6. The standard InChI is InChI=1S/C31H18F12O2/c1-2-3-15-4-6-19(21(32)8-15)16-5-7-20(22(33)9-16)17-10-23(34)28(24(35)11-17)31(42,43)44-18-12-25(36)29(26(37)13-18)45-30(40,41)14-27(38)39/h4-14H,2-3H2,1H3. The summed E-state index contributed by atoms with van der Waals surface area (Å²) in [6.45, 7) is 1.90. The van der Waals surface area contributed by atoms with Crippen molar-refractivity contribution in [3.8, 4) is 33.8 Å². The minimum absolute atomic E-state index is 0.0384. The van der Waals surface area contributed by atoms with Gasteiger partial charge >= 0.3 is 12.2 Å². The van der Waals surface area contributed by atoms with E-state index in [4.69, 9.17) is 0 Å². The first-order valence-electron chi connectivity index (χ1n) is 12.8. The second-order valence-corrected chi connectivity index (χ2v) is 9.51. The number of hydrogen-bond donors (Lipinski definition) is 0. The third-order valence-electron chi connectivity index (χ3n) is 6.23. The molecule has 0 amide bonds. The number of hydrogen-bond acceptors (Lipinski definition) is 2. The highest BCUT2D eigenvalue weighted by atomic mass is 19.3. The Kier molecular flexibility index (Phi) is 9.45. The van der Waals surface area contributed by atoms with Crippen LogP contribution in [0.15, 0.2) is 72.8 Å². The Bertz CT molecular complexity index is 1720. The molecule has 4 aromatic carbocycles. The van der Waals surface area contributed by atoms with Crippen LogP contribution in [0.2, 0.25) is 0 Å². The van der Waals surface area contributed by atoms with Gasteiger partial charge in [0, 0.05) is 23.3 Å². The lowest BCUT2D eigenvalue weighted by molar-refractivity contribution is -0.189. The molecule has 0 aromatic heterocycles. The average Bonchev–Trinajstić information content (AvgIpc) is 2.89. The molecule has 0 saturated carbocycles. The van der Waals surface area contributed by atoms with E-state index in [2.05, 4.69) is 9.47 Å². The third kappa shape index (κ3) is 7.55. The maximum atomic E-state index is 15.0. The first-order chi connectivity index (χ1) is 21.0. The van der Waals surface area contributed by atoms with Crippen LogP contribution in [0.3, 0.4) is 0 Å². The maximum absolute atomic E-state index is 15.0. The van der Waals surface area contributed by atoms with Gasteiger partial charge < -0.3 is 9.47 Å². The van der Waals surface area contributed by atoms with Crippen LogP contribution in [0, 0.1) is 34.9 Å². The van der Waals surface area contributed by atoms with E-state index >= 15 is 4.39 Å². The van der Waals surface area contributed by atoms with Crippen molar-refractivity contribution < 1.29 is 62.2 Å². The van der Waals surface area contributed by atoms with E-state index in [1.54, 1.807) is 6.07 Å². The van der Waals surface area contributed by atoms with E-state index in [0.29, 0.717) is 24.1 Å². The highest BCUT2D eigenvalue weighted by molar-refractivity contribution is 5.72. The zero-order chi connectivity index (χ0) is 33.3. The fourth-order valence-electron chi connectivity index (χ4n) is 4.35. The monoisotopic (exact) mass is 650 g/mol. The van der Waals surface area contributed by atoms with Gasteiger partial charge in [0.05, 0.1) is 6.08 Å².